The summed E-state index contributed by atoms with van der Waals surface area (Å²) in [4.78, 5) is 45.0. The molecular formula is C18H12N6O5. The first kappa shape index (κ1) is 16.7. The SMILES string of the molecule is N#Cc1c(N)[nH]c2c(c1=O)C(c1ccc3c(c1)OCO3)c1c([nH]c(=O)[nH]c1=O)N2. The highest BCUT2D eigenvalue weighted by Gasteiger charge is 2.35. The van der Waals surface area contributed by atoms with Crippen molar-refractivity contribution in [1.82, 2.24) is 15.0 Å². The van der Waals surface area contributed by atoms with Crippen molar-refractivity contribution in [2.45, 2.75) is 5.92 Å². The van der Waals surface area contributed by atoms with Crippen LogP contribution in [0.1, 0.15) is 28.2 Å². The van der Waals surface area contributed by atoms with Gasteiger partial charge in [0, 0.05) is 0 Å². The molecule has 0 aliphatic carbocycles. The van der Waals surface area contributed by atoms with Gasteiger partial charge in [-0.15, -0.1) is 0 Å². The van der Waals surface area contributed by atoms with Crippen LogP contribution in [0.4, 0.5) is 17.5 Å². The molecule has 2 aliphatic rings. The number of aromatic nitrogens is 3. The standard InChI is InChI=1S/C18H12N6O5/c19-4-7-13(25)11-10(6-1-2-8-9(3-6)29-5-28-8)12-16(22-15(11)21-14(7)20)23-18(27)24-17(12)26/h1-3,10H,5H2,(H6,20,21,22,23,24,25,26,27). The van der Waals surface area contributed by atoms with Gasteiger partial charge < -0.3 is 25.5 Å². The first-order chi connectivity index (χ1) is 14.0. The van der Waals surface area contributed by atoms with Crippen molar-refractivity contribution in [2.75, 3.05) is 17.8 Å². The number of H-pyrrole nitrogens is 3. The fraction of sp³-hybridized carbons (Fsp3) is 0.111. The molecule has 2 aromatic heterocycles. The highest BCUT2D eigenvalue weighted by molar-refractivity contribution is 5.73. The maximum atomic E-state index is 13.1. The Morgan fingerprint density at radius 1 is 1.03 bits per heavy atom. The molecule has 1 unspecified atom stereocenters. The van der Waals surface area contributed by atoms with E-state index < -0.39 is 22.6 Å². The lowest BCUT2D eigenvalue weighted by Crippen LogP contribution is -2.35. The van der Waals surface area contributed by atoms with Crippen LogP contribution in [-0.4, -0.2) is 21.7 Å². The summed E-state index contributed by atoms with van der Waals surface area (Å²) in [5.41, 5.74) is 4.32. The zero-order chi connectivity index (χ0) is 20.3. The number of hydrogen-bond donors (Lipinski definition) is 5. The molecule has 0 fully saturated rings. The van der Waals surface area contributed by atoms with Crippen molar-refractivity contribution in [3.05, 3.63) is 71.5 Å². The van der Waals surface area contributed by atoms with Crippen LogP contribution < -0.4 is 37.2 Å². The number of nitrogens with zero attached hydrogens (tertiary/aromatic N) is 1. The van der Waals surface area contributed by atoms with Crippen molar-refractivity contribution < 1.29 is 9.47 Å². The maximum Gasteiger partial charge on any atom is 0.327 e. The molecule has 1 atom stereocenters. The van der Waals surface area contributed by atoms with Gasteiger partial charge in [0.25, 0.3) is 5.56 Å². The first-order valence-corrected chi connectivity index (χ1v) is 8.46. The number of nitrogens with two attached hydrogens (primary N) is 1. The fourth-order valence-corrected chi connectivity index (χ4v) is 3.69. The third kappa shape index (κ3) is 2.32. The average Bonchev–Trinajstić information content (AvgIpc) is 3.14. The molecule has 0 saturated heterocycles. The van der Waals surface area contributed by atoms with E-state index in [1.807, 2.05) is 0 Å². The average molecular weight is 392 g/mol. The quantitative estimate of drug-likeness (QED) is 0.304. The molecule has 29 heavy (non-hydrogen) atoms. The number of aromatic amines is 3. The van der Waals surface area contributed by atoms with Crippen molar-refractivity contribution in [3.63, 3.8) is 0 Å². The van der Waals surface area contributed by atoms with Gasteiger partial charge in [-0.25, -0.2) is 4.79 Å². The second kappa shape index (κ2) is 5.77. The molecular weight excluding hydrogens is 380 g/mol. The van der Waals surface area contributed by atoms with Gasteiger partial charge in [0.05, 0.1) is 17.0 Å². The van der Waals surface area contributed by atoms with E-state index in [1.54, 1.807) is 24.3 Å². The van der Waals surface area contributed by atoms with E-state index in [4.69, 9.17) is 15.2 Å². The molecule has 1 aromatic carbocycles. The Morgan fingerprint density at radius 3 is 2.59 bits per heavy atom. The van der Waals surface area contributed by atoms with E-state index >= 15 is 0 Å². The van der Waals surface area contributed by atoms with Crippen molar-refractivity contribution in [2.24, 2.45) is 0 Å². The van der Waals surface area contributed by atoms with Gasteiger partial charge in [-0.3, -0.25) is 19.6 Å². The number of anilines is 3. The van der Waals surface area contributed by atoms with Crippen LogP contribution in [0, 0.1) is 11.3 Å². The normalized spacial score (nSPS) is 15.8. The molecule has 11 nitrogen and oxygen atoms in total. The number of hydrogen-bond acceptors (Lipinski definition) is 8. The lowest BCUT2D eigenvalue weighted by atomic mass is 9.83. The van der Waals surface area contributed by atoms with Gasteiger partial charge in [0.15, 0.2) is 11.5 Å². The van der Waals surface area contributed by atoms with Crippen LogP contribution in [-0.2, 0) is 0 Å². The van der Waals surface area contributed by atoms with E-state index in [9.17, 15) is 19.6 Å². The minimum Gasteiger partial charge on any atom is -0.454 e. The number of nitrogen functional groups attached to an aromatic ring is 1. The lowest BCUT2D eigenvalue weighted by molar-refractivity contribution is 0.174. The van der Waals surface area contributed by atoms with Gasteiger partial charge >= 0.3 is 5.69 Å². The summed E-state index contributed by atoms with van der Waals surface area (Å²) in [6, 6.07) is 6.79. The van der Waals surface area contributed by atoms with Crippen molar-refractivity contribution >= 4 is 17.5 Å². The van der Waals surface area contributed by atoms with Crippen LogP contribution >= 0.6 is 0 Å². The Labute approximate surface area is 160 Å². The molecule has 0 saturated carbocycles. The number of nitrogens with one attached hydrogen (secondary N) is 4. The second-order valence-electron chi connectivity index (χ2n) is 6.51. The summed E-state index contributed by atoms with van der Waals surface area (Å²) in [7, 11) is 0. The summed E-state index contributed by atoms with van der Waals surface area (Å²) in [5, 5.41) is 12.2. The Bertz CT molecular complexity index is 1410. The molecule has 2 aliphatic heterocycles. The van der Waals surface area contributed by atoms with E-state index in [1.165, 1.54) is 0 Å². The van der Waals surface area contributed by atoms with Crippen molar-refractivity contribution in [1.29, 1.82) is 5.26 Å². The van der Waals surface area contributed by atoms with E-state index in [0.29, 0.717) is 17.1 Å². The Morgan fingerprint density at radius 2 is 1.79 bits per heavy atom. The molecule has 144 valence electrons. The van der Waals surface area contributed by atoms with Crippen molar-refractivity contribution in [3.8, 4) is 17.6 Å². The summed E-state index contributed by atoms with van der Waals surface area (Å²) in [6.45, 7) is 0.0573. The van der Waals surface area contributed by atoms with E-state index in [2.05, 4.69) is 20.3 Å². The van der Waals surface area contributed by atoms with Gasteiger partial charge in [0.2, 0.25) is 12.2 Å². The Balaban J connectivity index is 1.87. The summed E-state index contributed by atoms with van der Waals surface area (Å²) in [6.07, 6.45) is 0. The summed E-state index contributed by atoms with van der Waals surface area (Å²) in [5.74, 6) is 0.271. The largest absolute Gasteiger partial charge is 0.454 e. The first-order valence-electron chi connectivity index (χ1n) is 8.46. The number of ether oxygens (including phenoxy) is 2. The molecule has 0 bridgehead atoms. The number of nitriles is 1. The number of fused-ring (bicyclic) bond motifs is 3. The number of benzene rings is 1. The van der Waals surface area contributed by atoms with Crippen LogP contribution in [0.2, 0.25) is 0 Å². The topological polar surface area (TPSA) is 179 Å². The molecule has 4 heterocycles. The minimum atomic E-state index is -0.896. The molecule has 11 heteroatoms. The third-order valence-corrected chi connectivity index (χ3v) is 4.92. The molecule has 0 spiro atoms. The lowest BCUT2D eigenvalue weighted by Gasteiger charge is -2.28. The second-order valence-corrected chi connectivity index (χ2v) is 6.51. The highest BCUT2D eigenvalue weighted by Crippen LogP contribution is 2.43. The van der Waals surface area contributed by atoms with Gasteiger partial charge in [-0.2, -0.15) is 5.26 Å². The van der Waals surface area contributed by atoms with Crippen LogP contribution in [0.15, 0.2) is 32.6 Å². The maximum absolute atomic E-state index is 13.1. The monoisotopic (exact) mass is 392 g/mol. The zero-order valence-electron chi connectivity index (χ0n) is 14.6. The molecule has 6 N–H and O–H groups in total. The van der Waals surface area contributed by atoms with E-state index in [0.717, 1.165) is 0 Å². The van der Waals surface area contributed by atoms with Gasteiger partial charge in [0.1, 0.15) is 29.1 Å². The zero-order valence-corrected chi connectivity index (χ0v) is 14.6. The summed E-state index contributed by atoms with van der Waals surface area (Å²) >= 11 is 0. The van der Waals surface area contributed by atoms with Gasteiger partial charge in [-0.05, 0) is 17.7 Å². The van der Waals surface area contributed by atoms with Crippen LogP contribution in [0.3, 0.4) is 0 Å². The van der Waals surface area contributed by atoms with Gasteiger partial charge in [-0.1, -0.05) is 6.07 Å². The predicted molar refractivity (Wildman–Crippen MR) is 101 cm³/mol. The summed E-state index contributed by atoms with van der Waals surface area (Å²) < 4.78 is 10.7. The number of pyridine rings is 1. The smallest absolute Gasteiger partial charge is 0.327 e. The molecule has 3 aromatic rings. The predicted octanol–water partition coefficient (Wildman–Crippen LogP) is 0.171. The Kier molecular flexibility index (Phi) is 3.32. The molecule has 5 rings (SSSR count). The fourth-order valence-electron chi connectivity index (χ4n) is 3.69. The molecule has 0 radical (unpaired) electrons. The van der Waals surface area contributed by atoms with Crippen LogP contribution in [0.5, 0.6) is 11.5 Å². The van der Waals surface area contributed by atoms with Crippen LogP contribution in [0.25, 0.3) is 0 Å². The number of rotatable bonds is 1. The third-order valence-electron chi connectivity index (χ3n) is 4.92. The minimum absolute atomic E-state index is 0.0573. The highest BCUT2D eigenvalue weighted by atomic mass is 16.7. The Hall–Kier alpha value is -4.46. The van der Waals surface area contributed by atoms with E-state index in [-0.39, 0.29) is 40.9 Å². The molecule has 0 amide bonds.